The SMILES string of the molecule is C[C@@H]1CN(c2cc(N)nc(NCC3CCC(CNCCCNC4CCCCC4)CC3)n2)CCN1. The van der Waals surface area contributed by atoms with Crippen LogP contribution in [0.5, 0.6) is 0 Å². The molecule has 4 rings (SSSR count). The first-order valence-electron chi connectivity index (χ1n) is 14.0. The number of nitrogens with two attached hydrogens (primary N) is 1. The Morgan fingerprint density at radius 2 is 1.76 bits per heavy atom. The molecular weight excluding hydrogens is 424 g/mol. The van der Waals surface area contributed by atoms with Gasteiger partial charge in [0.25, 0.3) is 0 Å². The Morgan fingerprint density at radius 3 is 2.53 bits per heavy atom. The lowest BCUT2D eigenvalue weighted by molar-refractivity contribution is 0.275. The van der Waals surface area contributed by atoms with Gasteiger partial charge < -0.3 is 31.9 Å². The minimum atomic E-state index is 0.462. The summed E-state index contributed by atoms with van der Waals surface area (Å²) in [6.07, 6.45) is 13.5. The van der Waals surface area contributed by atoms with Crippen LogP contribution in [0.15, 0.2) is 6.07 Å². The summed E-state index contributed by atoms with van der Waals surface area (Å²) in [5.41, 5.74) is 6.10. The standard InChI is InChI=1S/C26H48N8/c1-20-19-34(15-14-29-20)25-16-24(27)32-26(33-25)31-18-22-10-8-21(9-11-22)17-28-12-5-13-30-23-6-3-2-4-7-23/h16,20-23,28-30H,2-15,17-19H2,1H3,(H3,27,31,32,33)/t20-,21?,22?/m1/s1. The van der Waals surface area contributed by atoms with Crippen molar-refractivity contribution in [2.24, 2.45) is 11.8 Å². The van der Waals surface area contributed by atoms with Crippen LogP contribution < -0.4 is 31.9 Å². The highest BCUT2D eigenvalue weighted by molar-refractivity contribution is 5.52. The van der Waals surface area contributed by atoms with E-state index in [2.05, 4.69) is 38.1 Å². The Balaban J connectivity index is 1.09. The smallest absolute Gasteiger partial charge is 0.226 e. The molecule has 2 heterocycles. The number of piperazine rings is 1. The van der Waals surface area contributed by atoms with E-state index >= 15 is 0 Å². The highest BCUT2D eigenvalue weighted by Gasteiger charge is 2.22. The van der Waals surface area contributed by atoms with Crippen LogP contribution in [0.1, 0.15) is 71.1 Å². The summed E-state index contributed by atoms with van der Waals surface area (Å²) in [6.45, 7) is 9.50. The zero-order valence-corrected chi connectivity index (χ0v) is 21.3. The van der Waals surface area contributed by atoms with Crippen LogP contribution >= 0.6 is 0 Å². The summed E-state index contributed by atoms with van der Waals surface area (Å²) < 4.78 is 0. The average molecular weight is 473 g/mol. The number of nitrogens with one attached hydrogen (secondary N) is 4. The van der Waals surface area contributed by atoms with Crippen LogP contribution in [0, 0.1) is 11.8 Å². The van der Waals surface area contributed by atoms with Gasteiger partial charge in [-0.2, -0.15) is 9.97 Å². The van der Waals surface area contributed by atoms with Crippen LogP contribution in [0.4, 0.5) is 17.6 Å². The van der Waals surface area contributed by atoms with Gasteiger partial charge in [0.15, 0.2) is 0 Å². The average Bonchev–Trinajstić information content (AvgIpc) is 2.86. The third kappa shape index (κ3) is 8.24. The molecule has 192 valence electrons. The molecular formula is C26H48N8. The van der Waals surface area contributed by atoms with Crippen molar-refractivity contribution < 1.29 is 0 Å². The van der Waals surface area contributed by atoms with Crippen molar-refractivity contribution in [1.82, 2.24) is 25.9 Å². The molecule has 6 N–H and O–H groups in total. The van der Waals surface area contributed by atoms with Gasteiger partial charge in [-0.05, 0) is 83.3 Å². The molecule has 0 radical (unpaired) electrons. The molecule has 0 spiro atoms. The Bertz CT molecular complexity index is 715. The fourth-order valence-electron chi connectivity index (χ4n) is 5.84. The van der Waals surface area contributed by atoms with E-state index in [-0.39, 0.29) is 0 Å². The van der Waals surface area contributed by atoms with Gasteiger partial charge in [-0.1, -0.05) is 19.3 Å². The van der Waals surface area contributed by atoms with Crippen molar-refractivity contribution in [3.05, 3.63) is 6.07 Å². The summed E-state index contributed by atoms with van der Waals surface area (Å²) in [5.74, 6) is 3.68. The van der Waals surface area contributed by atoms with Crippen molar-refractivity contribution in [1.29, 1.82) is 0 Å². The van der Waals surface area contributed by atoms with Crippen molar-refractivity contribution in [2.75, 3.05) is 61.8 Å². The van der Waals surface area contributed by atoms with E-state index in [9.17, 15) is 0 Å². The first-order valence-corrected chi connectivity index (χ1v) is 14.0. The first kappa shape index (κ1) is 25.5. The molecule has 3 aliphatic rings. The third-order valence-corrected chi connectivity index (χ3v) is 7.94. The molecule has 0 amide bonds. The normalized spacial score (nSPS) is 26.5. The van der Waals surface area contributed by atoms with E-state index in [1.807, 2.05) is 6.07 Å². The lowest BCUT2D eigenvalue weighted by Gasteiger charge is -2.33. The summed E-state index contributed by atoms with van der Waals surface area (Å²) in [4.78, 5) is 11.5. The molecule has 0 unspecified atom stereocenters. The molecule has 3 fully saturated rings. The van der Waals surface area contributed by atoms with Gasteiger partial charge in [0.1, 0.15) is 11.6 Å². The topological polar surface area (TPSA) is 103 Å². The molecule has 0 bridgehead atoms. The summed E-state index contributed by atoms with van der Waals surface area (Å²) in [7, 11) is 0. The minimum absolute atomic E-state index is 0.462. The van der Waals surface area contributed by atoms with Gasteiger partial charge in [-0.25, -0.2) is 0 Å². The number of hydrogen-bond donors (Lipinski definition) is 5. The van der Waals surface area contributed by atoms with E-state index in [4.69, 9.17) is 10.7 Å². The molecule has 1 saturated heterocycles. The second-order valence-electron chi connectivity index (χ2n) is 10.9. The Labute approximate surface area is 206 Å². The number of rotatable bonds is 11. The fourth-order valence-corrected chi connectivity index (χ4v) is 5.84. The third-order valence-electron chi connectivity index (χ3n) is 7.94. The van der Waals surface area contributed by atoms with Gasteiger partial charge in [0.2, 0.25) is 5.95 Å². The maximum atomic E-state index is 6.10. The zero-order valence-electron chi connectivity index (χ0n) is 21.3. The van der Waals surface area contributed by atoms with Crippen LogP contribution in [0.2, 0.25) is 0 Å². The molecule has 8 nitrogen and oxygen atoms in total. The monoisotopic (exact) mass is 472 g/mol. The van der Waals surface area contributed by atoms with Crippen molar-refractivity contribution in [2.45, 2.75) is 83.2 Å². The Hall–Kier alpha value is -1.64. The number of nitrogens with zero attached hydrogens (tertiary/aromatic N) is 3. The predicted octanol–water partition coefficient (Wildman–Crippen LogP) is 2.98. The van der Waals surface area contributed by atoms with Gasteiger partial charge in [-0.15, -0.1) is 0 Å². The summed E-state index contributed by atoms with van der Waals surface area (Å²) >= 11 is 0. The minimum Gasteiger partial charge on any atom is -0.383 e. The van der Waals surface area contributed by atoms with Gasteiger partial charge in [0.05, 0.1) is 0 Å². The maximum Gasteiger partial charge on any atom is 0.226 e. The number of nitrogen functional groups attached to an aromatic ring is 1. The fraction of sp³-hybridized carbons (Fsp3) is 0.846. The number of hydrogen-bond acceptors (Lipinski definition) is 8. The van der Waals surface area contributed by atoms with E-state index in [1.54, 1.807) is 0 Å². The van der Waals surface area contributed by atoms with Gasteiger partial charge in [-0.3, -0.25) is 0 Å². The van der Waals surface area contributed by atoms with Crippen LogP contribution in [-0.4, -0.2) is 67.9 Å². The molecule has 1 aromatic heterocycles. The van der Waals surface area contributed by atoms with E-state index in [1.165, 1.54) is 70.8 Å². The lowest BCUT2D eigenvalue weighted by Crippen LogP contribution is -2.49. The van der Waals surface area contributed by atoms with E-state index in [0.29, 0.717) is 23.7 Å². The lowest BCUT2D eigenvalue weighted by atomic mass is 9.82. The second-order valence-corrected chi connectivity index (χ2v) is 10.9. The molecule has 1 aliphatic heterocycles. The largest absolute Gasteiger partial charge is 0.383 e. The number of aromatic nitrogens is 2. The molecule has 2 aliphatic carbocycles. The summed E-state index contributed by atoms with van der Waals surface area (Å²) in [5, 5.41) is 14.4. The Morgan fingerprint density at radius 1 is 1.00 bits per heavy atom. The van der Waals surface area contributed by atoms with E-state index in [0.717, 1.165) is 57.0 Å². The molecule has 8 heteroatoms. The van der Waals surface area contributed by atoms with Gasteiger partial charge >= 0.3 is 0 Å². The van der Waals surface area contributed by atoms with Crippen molar-refractivity contribution >= 4 is 17.6 Å². The van der Waals surface area contributed by atoms with E-state index < -0.39 is 0 Å². The van der Waals surface area contributed by atoms with Crippen LogP contribution in [0.3, 0.4) is 0 Å². The molecule has 2 saturated carbocycles. The van der Waals surface area contributed by atoms with Crippen LogP contribution in [0.25, 0.3) is 0 Å². The zero-order chi connectivity index (χ0) is 23.6. The van der Waals surface area contributed by atoms with Crippen molar-refractivity contribution in [3.63, 3.8) is 0 Å². The molecule has 0 aromatic carbocycles. The molecule has 1 aromatic rings. The number of anilines is 3. The Kier molecular flexibility index (Phi) is 10.1. The molecule has 1 atom stereocenters. The summed E-state index contributed by atoms with van der Waals surface area (Å²) in [6, 6.07) is 3.14. The highest BCUT2D eigenvalue weighted by atomic mass is 15.3. The van der Waals surface area contributed by atoms with Gasteiger partial charge in [0, 0.05) is 44.3 Å². The molecule has 34 heavy (non-hydrogen) atoms. The predicted molar refractivity (Wildman–Crippen MR) is 142 cm³/mol. The second kappa shape index (κ2) is 13.4. The maximum absolute atomic E-state index is 6.10. The van der Waals surface area contributed by atoms with Crippen molar-refractivity contribution in [3.8, 4) is 0 Å². The van der Waals surface area contributed by atoms with Crippen LogP contribution in [-0.2, 0) is 0 Å². The quantitative estimate of drug-likeness (QED) is 0.313. The highest BCUT2D eigenvalue weighted by Crippen LogP contribution is 2.29. The first-order chi connectivity index (χ1) is 16.7.